The molecule has 0 unspecified atom stereocenters. The van der Waals surface area contributed by atoms with Gasteiger partial charge in [-0.3, -0.25) is 0 Å². The van der Waals surface area contributed by atoms with Gasteiger partial charge in [-0.25, -0.2) is 22.5 Å². The summed E-state index contributed by atoms with van der Waals surface area (Å²) in [6.07, 6.45) is 0. The van der Waals surface area contributed by atoms with Crippen LogP contribution in [-0.2, 0) is 6.54 Å². The van der Waals surface area contributed by atoms with Crippen LogP contribution in [0.5, 0.6) is 0 Å². The smallest absolute Gasteiger partial charge is 0.168 e. The molecule has 3 nitrogen and oxygen atoms in total. The second-order valence-electron chi connectivity index (χ2n) is 5.79. The van der Waals surface area contributed by atoms with E-state index in [4.69, 9.17) is 0 Å². The summed E-state index contributed by atoms with van der Waals surface area (Å²) in [5, 5.41) is 12.2. The lowest BCUT2D eigenvalue weighted by atomic mass is 10.1. The van der Waals surface area contributed by atoms with Crippen molar-refractivity contribution < 1.29 is 22.7 Å². The molecule has 0 fully saturated rings. The molecule has 0 radical (unpaired) electrons. The minimum absolute atomic E-state index is 0.0114. The Morgan fingerprint density at radius 1 is 1.08 bits per heavy atom. The van der Waals surface area contributed by atoms with Crippen LogP contribution in [0.1, 0.15) is 19.5 Å². The third-order valence-corrected chi connectivity index (χ3v) is 3.72. The Hall–Kier alpha value is -1.99. The van der Waals surface area contributed by atoms with Crippen LogP contribution in [0, 0.1) is 29.2 Å². The molecule has 1 aromatic heterocycles. The molecule has 0 amide bonds. The van der Waals surface area contributed by atoms with Gasteiger partial charge in [-0.1, -0.05) is 13.8 Å². The van der Waals surface area contributed by atoms with Crippen molar-refractivity contribution in [3.05, 3.63) is 53.2 Å². The van der Waals surface area contributed by atoms with Crippen molar-refractivity contribution in [1.82, 2.24) is 10.3 Å². The maximum atomic E-state index is 13.9. The van der Waals surface area contributed by atoms with Crippen LogP contribution >= 0.6 is 0 Å². The van der Waals surface area contributed by atoms with E-state index in [-0.39, 0.29) is 42.1 Å². The SMILES string of the molecule is CC(C)[C@H](CO)NCc1nc(-c2cc(F)cc(F)c2F)ccc1F. The molecule has 24 heavy (non-hydrogen) atoms. The van der Waals surface area contributed by atoms with Crippen molar-refractivity contribution in [2.45, 2.75) is 26.4 Å². The number of hydrogen-bond acceptors (Lipinski definition) is 3. The summed E-state index contributed by atoms with van der Waals surface area (Å²) in [6.45, 7) is 3.63. The minimum Gasteiger partial charge on any atom is -0.395 e. The first-order valence-corrected chi connectivity index (χ1v) is 7.48. The summed E-state index contributed by atoms with van der Waals surface area (Å²) in [7, 11) is 0. The van der Waals surface area contributed by atoms with E-state index in [1.807, 2.05) is 13.8 Å². The maximum absolute atomic E-state index is 13.9. The van der Waals surface area contributed by atoms with Crippen LogP contribution < -0.4 is 5.32 Å². The lowest BCUT2D eigenvalue weighted by Crippen LogP contribution is -2.37. The Morgan fingerprint density at radius 2 is 1.79 bits per heavy atom. The summed E-state index contributed by atoms with van der Waals surface area (Å²) in [5.74, 6) is -4.06. The zero-order chi connectivity index (χ0) is 17.9. The van der Waals surface area contributed by atoms with Gasteiger partial charge in [-0.15, -0.1) is 0 Å². The molecule has 0 aliphatic rings. The van der Waals surface area contributed by atoms with Gasteiger partial charge in [0, 0.05) is 24.2 Å². The molecule has 2 rings (SSSR count). The van der Waals surface area contributed by atoms with Crippen molar-refractivity contribution >= 4 is 0 Å². The van der Waals surface area contributed by atoms with Crippen LogP contribution in [0.15, 0.2) is 24.3 Å². The summed E-state index contributed by atoms with van der Waals surface area (Å²) in [6, 6.07) is 3.19. The fourth-order valence-corrected chi connectivity index (χ4v) is 2.24. The molecule has 0 bridgehead atoms. The molecule has 130 valence electrons. The van der Waals surface area contributed by atoms with E-state index < -0.39 is 23.3 Å². The molecule has 0 spiro atoms. The van der Waals surface area contributed by atoms with Crippen molar-refractivity contribution in [3.8, 4) is 11.3 Å². The standard InChI is InChI=1S/C17H18F4N2O/c1-9(2)16(8-24)22-7-15-12(19)3-4-14(23-15)11-5-10(18)6-13(20)17(11)21/h3-6,9,16,22,24H,7-8H2,1-2H3/t16-/m0/s1. The Labute approximate surface area is 137 Å². The Morgan fingerprint density at radius 3 is 2.42 bits per heavy atom. The molecular weight excluding hydrogens is 324 g/mol. The van der Waals surface area contributed by atoms with E-state index in [0.29, 0.717) is 6.07 Å². The van der Waals surface area contributed by atoms with Gasteiger partial charge in [-0.05, 0) is 24.1 Å². The predicted octanol–water partition coefficient (Wildman–Crippen LogP) is 3.41. The van der Waals surface area contributed by atoms with E-state index in [2.05, 4.69) is 10.3 Å². The number of pyridine rings is 1. The van der Waals surface area contributed by atoms with E-state index in [1.54, 1.807) is 0 Å². The van der Waals surface area contributed by atoms with Gasteiger partial charge >= 0.3 is 0 Å². The highest BCUT2D eigenvalue weighted by Crippen LogP contribution is 2.25. The fourth-order valence-electron chi connectivity index (χ4n) is 2.24. The van der Waals surface area contributed by atoms with Crippen LogP contribution in [0.2, 0.25) is 0 Å². The van der Waals surface area contributed by atoms with Crippen LogP contribution in [0.3, 0.4) is 0 Å². The molecule has 7 heteroatoms. The first-order chi connectivity index (χ1) is 11.3. The highest BCUT2D eigenvalue weighted by molar-refractivity contribution is 5.60. The van der Waals surface area contributed by atoms with Gasteiger partial charge in [0.05, 0.1) is 18.0 Å². The van der Waals surface area contributed by atoms with Gasteiger partial charge in [0.15, 0.2) is 11.6 Å². The van der Waals surface area contributed by atoms with Gasteiger partial charge in [-0.2, -0.15) is 0 Å². The maximum Gasteiger partial charge on any atom is 0.168 e. The molecule has 2 N–H and O–H groups in total. The van der Waals surface area contributed by atoms with Gasteiger partial charge in [0.2, 0.25) is 0 Å². The number of halogens is 4. The fraction of sp³-hybridized carbons (Fsp3) is 0.353. The second kappa shape index (κ2) is 7.72. The number of aromatic nitrogens is 1. The monoisotopic (exact) mass is 342 g/mol. The minimum atomic E-state index is -1.34. The van der Waals surface area contributed by atoms with E-state index >= 15 is 0 Å². The lowest BCUT2D eigenvalue weighted by Gasteiger charge is -2.20. The number of aliphatic hydroxyl groups is 1. The second-order valence-corrected chi connectivity index (χ2v) is 5.79. The van der Waals surface area contributed by atoms with Crippen molar-refractivity contribution in [3.63, 3.8) is 0 Å². The zero-order valence-electron chi connectivity index (χ0n) is 13.3. The van der Waals surface area contributed by atoms with Gasteiger partial charge in [0.1, 0.15) is 11.6 Å². The molecule has 0 aliphatic carbocycles. The average Bonchev–Trinajstić information content (AvgIpc) is 2.53. The molecule has 0 saturated heterocycles. The number of hydrogen-bond donors (Lipinski definition) is 2. The van der Waals surface area contributed by atoms with Crippen molar-refractivity contribution in [2.24, 2.45) is 5.92 Å². The lowest BCUT2D eigenvalue weighted by molar-refractivity contribution is 0.209. The molecule has 1 heterocycles. The Bertz CT molecular complexity index is 722. The summed E-state index contributed by atoms with van der Waals surface area (Å²) in [5.41, 5.74) is -0.485. The first-order valence-electron chi connectivity index (χ1n) is 7.48. The predicted molar refractivity (Wildman–Crippen MR) is 82.1 cm³/mol. The molecule has 0 aliphatic heterocycles. The topological polar surface area (TPSA) is 45.1 Å². The van der Waals surface area contributed by atoms with E-state index in [1.165, 1.54) is 0 Å². The number of rotatable bonds is 6. The largest absolute Gasteiger partial charge is 0.395 e. The third kappa shape index (κ3) is 4.10. The van der Waals surface area contributed by atoms with Gasteiger partial charge < -0.3 is 10.4 Å². The average molecular weight is 342 g/mol. The Kier molecular flexibility index (Phi) is 5.90. The molecule has 1 atom stereocenters. The van der Waals surface area contributed by atoms with Crippen LogP contribution in [-0.4, -0.2) is 22.7 Å². The van der Waals surface area contributed by atoms with E-state index in [9.17, 15) is 22.7 Å². The molecule has 1 aromatic carbocycles. The zero-order valence-corrected chi connectivity index (χ0v) is 13.3. The Balaban J connectivity index is 2.32. The molecule has 2 aromatic rings. The third-order valence-electron chi connectivity index (χ3n) is 3.72. The number of nitrogens with zero attached hydrogens (tertiary/aromatic N) is 1. The summed E-state index contributed by atoms with van der Waals surface area (Å²) < 4.78 is 54.4. The molecular formula is C17H18F4N2O. The first kappa shape index (κ1) is 18.4. The van der Waals surface area contributed by atoms with Crippen molar-refractivity contribution in [2.75, 3.05) is 6.61 Å². The van der Waals surface area contributed by atoms with Crippen molar-refractivity contribution in [1.29, 1.82) is 0 Å². The highest BCUT2D eigenvalue weighted by Gasteiger charge is 2.17. The van der Waals surface area contributed by atoms with Crippen LogP contribution in [0.4, 0.5) is 17.6 Å². The number of aliphatic hydroxyl groups excluding tert-OH is 1. The summed E-state index contributed by atoms with van der Waals surface area (Å²) in [4.78, 5) is 3.96. The summed E-state index contributed by atoms with van der Waals surface area (Å²) >= 11 is 0. The molecule has 0 saturated carbocycles. The number of nitrogens with one attached hydrogen (secondary N) is 1. The van der Waals surface area contributed by atoms with Crippen LogP contribution in [0.25, 0.3) is 11.3 Å². The van der Waals surface area contributed by atoms with Gasteiger partial charge in [0.25, 0.3) is 0 Å². The quantitative estimate of drug-likeness (QED) is 0.625. The highest BCUT2D eigenvalue weighted by atomic mass is 19.2. The normalized spacial score (nSPS) is 12.7. The number of benzene rings is 1. The van der Waals surface area contributed by atoms with E-state index in [0.717, 1.165) is 18.2 Å².